The molecule has 2 heterocycles. The summed E-state index contributed by atoms with van der Waals surface area (Å²) in [4.78, 5) is 44.9. The molecule has 0 aliphatic carbocycles. The lowest BCUT2D eigenvalue weighted by Crippen LogP contribution is -2.40. The highest BCUT2D eigenvalue weighted by molar-refractivity contribution is 7.98. The summed E-state index contributed by atoms with van der Waals surface area (Å²) >= 11 is 2.82. The maximum absolute atomic E-state index is 13.9. The van der Waals surface area contributed by atoms with Crippen LogP contribution < -0.4 is 14.9 Å². The number of hydrogen-bond acceptors (Lipinski definition) is 7. The highest BCUT2D eigenvalue weighted by atomic mass is 32.2. The summed E-state index contributed by atoms with van der Waals surface area (Å²) in [5, 5.41) is 9.20. The lowest BCUT2D eigenvalue weighted by Gasteiger charge is -2.26. The first kappa shape index (κ1) is 26.4. The topological polar surface area (TPSA) is 98.0 Å². The van der Waals surface area contributed by atoms with Gasteiger partial charge in [-0.3, -0.25) is 9.36 Å². The predicted octanol–water partition coefficient (Wildman–Crippen LogP) is 4.36. The SMILES string of the molecule is CCOC(=O)C1=C(c2ccccc2)N=c2s/c(=C\c3ccc(C(=O)O)cc3)c(=O)n2[C@H]1c1ccc(SC)cc1. The van der Waals surface area contributed by atoms with E-state index in [-0.39, 0.29) is 17.7 Å². The van der Waals surface area contributed by atoms with E-state index in [0.29, 0.717) is 26.2 Å². The van der Waals surface area contributed by atoms with Crippen molar-refractivity contribution in [3.8, 4) is 0 Å². The van der Waals surface area contributed by atoms with Gasteiger partial charge in [0.2, 0.25) is 0 Å². The van der Waals surface area contributed by atoms with Gasteiger partial charge in [-0.1, -0.05) is 65.9 Å². The zero-order valence-corrected chi connectivity index (χ0v) is 22.8. The molecular formula is C30H24N2O5S2. The number of thiazole rings is 1. The third-order valence-corrected chi connectivity index (χ3v) is 7.99. The Kier molecular flexibility index (Phi) is 7.63. The van der Waals surface area contributed by atoms with Crippen LogP contribution in [0.25, 0.3) is 11.8 Å². The molecule has 1 aromatic heterocycles. The average molecular weight is 557 g/mol. The zero-order valence-electron chi connectivity index (χ0n) is 21.2. The first-order chi connectivity index (χ1) is 18.9. The van der Waals surface area contributed by atoms with Crippen molar-refractivity contribution in [3.63, 3.8) is 0 Å². The number of nitrogens with zero attached hydrogens (tertiary/aromatic N) is 2. The van der Waals surface area contributed by atoms with E-state index in [2.05, 4.69) is 0 Å². The molecule has 1 atom stereocenters. The maximum Gasteiger partial charge on any atom is 0.338 e. The number of carbonyl (C=O) groups excluding carboxylic acids is 1. The number of hydrogen-bond donors (Lipinski definition) is 1. The van der Waals surface area contributed by atoms with E-state index >= 15 is 0 Å². The van der Waals surface area contributed by atoms with E-state index in [1.165, 1.54) is 23.5 Å². The number of rotatable bonds is 7. The molecule has 9 heteroatoms. The van der Waals surface area contributed by atoms with Crippen LogP contribution in [0.2, 0.25) is 0 Å². The van der Waals surface area contributed by atoms with Gasteiger partial charge >= 0.3 is 11.9 Å². The number of ether oxygens (including phenoxy) is 1. The number of carboxylic acids is 1. The Morgan fingerprint density at radius 3 is 2.36 bits per heavy atom. The highest BCUT2D eigenvalue weighted by Gasteiger charge is 2.35. The second-order valence-electron chi connectivity index (χ2n) is 8.63. The van der Waals surface area contributed by atoms with Gasteiger partial charge in [-0.05, 0) is 54.6 Å². The number of carboxylic acid groups (broad SMARTS) is 1. The first-order valence-corrected chi connectivity index (χ1v) is 14.2. The number of carbonyl (C=O) groups is 2. The normalized spacial score (nSPS) is 15.0. The minimum Gasteiger partial charge on any atom is -0.478 e. The van der Waals surface area contributed by atoms with Crippen LogP contribution in [0.1, 0.15) is 40.0 Å². The van der Waals surface area contributed by atoms with Crippen molar-refractivity contribution >= 4 is 46.8 Å². The summed E-state index contributed by atoms with van der Waals surface area (Å²) in [5.41, 5.74) is 2.81. The van der Waals surface area contributed by atoms with E-state index in [1.807, 2.05) is 60.9 Å². The Morgan fingerprint density at radius 2 is 1.74 bits per heavy atom. The third-order valence-electron chi connectivity index (χ3n) is 6.26. The van der Waals surface area contributed by atoms with Crippen molar-refractivity contribution in [2.24, 2.45) is 4.99 Å². The molecule has 0 amide bonds. The van der Waals surface area contributed by atoms with E-state index < -0.39 is 18.0 Å². The van der Waals surface area contributed by atoms with Gasteiger partial charge in [0.15, 0.2) is 4.80 Å². The summed E-state index contributed by atoms with van der Waals surface area (Å²) in [5.74, 6) is -1.55. The van der Waals surface area contributed by atoms with Gasteiger partial charge in [-0.25, -0.2) is 14.6 Å². The summed E-state index contributed by atoms with van der Waals surface area (Å²) in [6.45, 7) is 1.92. The highest BCUT2D eigenvalue weighted by Crippen LogP contribution is 2.35. The molecule has 5 rings (SSSR count). The van der Waals surface area contributed by atoms with Crippen molar-refractivity contribution in [2.45, 2.75) is 17.9 Å². The molecule has 3 aromatic carbocycles. The van der Waals surface area contributed by atoms with E-state index in [9.17, 15) is 19.5 Å². The molecular weight excluding hydrogens is 532 g/mol. The van der Waals surface area contributed by atoms with Crippen molar-refractivity contribution in [2.75, 3.05) is 12.9 Å². The molecule has 0 fully saturated rings. The molecule has 0 radical (unpaired) electrons. The number of thioether (sulfide) groups is 1. The van der Waals surface area contributed by atoms with Crippen LogP contribution in [0.4, 0.5) is 0 Å². The molecule has 0 unspecified atom stereocenters. The molecule has 0 saturated carbocycles. The van der Waals surface area contributed by atoms with Gasteiger partial charge in [0.05, 0.1) is 34.0 Å². The van der Waals surface area contributed by atoms with Gasteiger partial charge in [0.1, 0.15) is 0 Å². The maximum atomic E-state index is 13.9. The Bertz CT molecular complexity index is 1750. The van der Waals surface area contributed by atoms with Gasteiger partial charge < -0.3 is 9.84 Å². The Labute approximate surface area is 232 Å². The Morgan fingerprint density at radius 1 is 1.05 bits per heavy atom. The fourth-order valence-corrected chi connectivity index (χ4v) is 5.82. The molecule has 1 aliphatic heterocycles. The van der Waals surface area contributed by atoms with Crippen molar-refractivity contribution < 1.29 is 19.4 Å². The lowest BCUT2D eigenvalue weighted by atomic mass is 9.93. The quantitative estimate of drug-likeness (QED) is 0.268. The lowest BCUT2D eigenvalue weighted by molar-refractivity contribution is -0.138. The van der Waals surface area contributed by atoms with Gasteiger partial charge in [0.25, 0.3) is 5.56 Å². The molecule has 196 valence electrons. The van der Waals surface area contributed by atoms with Gasteiger partial charge in [0, 0.05) is 10.5 Å². The van der Waals surface area contributed by atoms with Crippen LogP contribution in [0.15, 0.2) is 99.1 Å². The van der Waals surface area contributed by atoms with Gasteiger partial charge in [-0.2, -0.15) is 0 Å². The summed E-state index contributed by atoms with van der Waals surface area (Å²) in [7, 11) is 0. The number of aromatic nitrogens is 1. The van der Waals surface area contributed by atoms with Crippen LogP contribution >= 0.6 is 23.1 Å². The van der Waals surface area contributed by atoms with Crippen LogP contribution in [-0.2, 0) is 9.53 Å². The molecule has 1 aliphatic rings. The number of esters is 1. The minimum absolute atomic E-state index is 0.161. The van der Waals surface area contributed by atoms with Gasteiger partial charge in [-0.15, -0.1) is 11.8 Å². The number of fused-ring (bicyclic) bond motifs is 1. The zero-order chi connectivity index (χ0) is 27.5. The molecule has 0 bridgehead atoms. The molecule has 0 saturated heterocycles. The largest absolute Gasteiger partial charge is 0.478 e. The van der Waals surface area contributed by atoms with E-state index in [4.69, 9.17) is 9.73 Å². The number of benzene rings is 3. The second kappa shape index (κ2) is 11.3. The minimum atomic E-state index is -1.02. The van der Waals surface area contributed by atoms with Crippen molar-refractivity contribution in [3.05, 3.63) is 126 Å². The van der Waals surface area contributed by atoms with Crippen LogP contribution in [0.3, 0.4) is 0 Å². The molecule has 4 aromatic rings. The monoisotopic (exact) mass is 556 g/mol. The molecule has 7 nitrogen and oxygen atoms in total. The molecule has 39 heavy (non-hydrogen) atoms. The second-order valence-corrected chi connectivity index (χ2v) is 10.5. The predicted molar refractivity (Wildman–Crippen MR) is 153 cm³/mol. The number of aromatic carboxylic acids is 1. The Balaban J connectivity index is 1.78. The van der Waals surface area contributed by atoms with Crippen molar-refractivity contribution in [1.82, 2.24) is 4.57 Å². The average Bonchev–Trinajstić information content (AvgIpc) is 3.27. The van der Waals surface area contributed by atoms with Crippen LogP contribution in [-0.4, -0.2) is 34.5 Å². The van der Waals surface area contributed by atoms with E-state index in [1.54, 1.807) is 41.5 Å². The molecule has 1 N–H and O–H groups in total. The summed E-state index contributed by atoms with van der Waals surface area (Å²) in [6.07, 6.45) is 3.69. The third kappa shape index (κ3) is 5.23. The standard InChI is InChI=1S/C30H24N2O5S2/c1-3-37-29(36)24-25(19-7-5-4-6-8-19)31-30-32(26(24)20-13-15-22(38-2)16-14-20)27(33)23(39-30)17-18-9-11-21(12-10-18)28(34)35/h4-17,26H,3H2,1-2H3,(H,34,35)/b23-17-/t26-/m0/s1. The smallest absolute Gasteiger partial charge is 0.338 e. The molecule has 0 spiro atoms. The summed E-state index contributed by atoms with van der Waals surface area (Å²) in [6, 6.07) is 22.7. The first-order valence-electron chi connectivity index (χ1n) is 12.2. The van der Waals surface area contributed by atoms with Crippen molar-refractivity contribution in [1.29, 1.82) is 0 Å². The van der Waals surface area contributed by atoms with E-state index in [0.717, 1.165) is 16.0 Å². The Hall–Kier alpha value is -4.21. The van der Waals surface area contributed by atoms with Crippen LogP contribution in [0, 0.1) is 0 Å². The fraction of sp³-hybridized carbons (Fsp3) is 0.133. The summed E-state index contributed by atoms with van der Waals surface area (Å²) < 4.78 is 7.46. The van der Waals surface area contributed by atoms with Crippen LogP contribution in [0.5, 0.6) is 0 Å². The fourth-order valence-electron chi connectivity index (χ4n) is 4.42.